The molecule has 0 bridgehead atoms. The minimum absolute atomic E-state index is 0.0951. The summed E-state index contributed by atoms with van der Waals surface area (Å²) in [5.74, 6) is 1.68. The number of nitrogens with one attached hydrogen (secondary N) is 1. The number of aromatic nitrogens is 4. The predicted molar refractivity (Wildman–Crippen MR) is 95.5 cm³/mol. The molecule has 0 saturated carbocycles. The van der Waals surface area contributed by atoms with E-state index in [1.54, 1.807) is 7.11 Å². The van der Waals surface area contributed by atoms with Gasteiger partial charge >= 0.3 is 0 Å². The number of fused-ring (bicyclic) bond motifs is 1. The number of methoxy groups -OCH3 is 1. The number of hydrogen-bond acceptors (Lipinski definition) is 8. The van der Waals surface area contributed by atoms with E-state index in [9.17, 15) is 0 Å². The molecule has 0 unspecified atom stereocenters. The van der Waals surface area contributed by atoms with E-state index in [-0.39, 0.29) is 11.8 Å². The number of hydrogen-bond donors (Lipinski definition) is 3. The van der Waals surface area contributed by atoms with Gasteiger partial charge < -0.3 is 30.8 Å². The zero-order valence-corrected chi connectivity index (χ0v) is 13.8. The third kappa shape index (κ3) is 2.78. The molecule has 3 heterocycles. The van der Waals surface area contributed by atoms with E-state index in [2.05, 4.69) is 24.8 Å². The molecular weight excluding hydrogens is 322 g/mol. The molecule has 0 amide bonds. The number of anilines is 3. The largest absolute Gasteiger partial charge is 0.496 e. The number of morpholine rings is 1. The van der Waals surface area contributed by atoms with Gasteiger partial charge in [-0.2, -0.15) is 9.97 Å². The Labute approximate surface area is 144 Å². The summed E-state index contributed by atoms with van der Waals surface area (Å²) in [5, 5.41) is 0. The summed E-state index contributed by atoms with van der Waals surface area (Å²) in [6.07, 6.45) is 0. The first-order valence-electron chi connectivity index (χ1n) is 7.95. The fourth-order valence-electron chi connectivity index (χ4n) is 2.96. The molecule has 4 rings (SSSR count). The normalized spacial score (nSPS) is 14.8. The van der Waals surface area contributed by atoms with Crippen LogP contribution in [-0.4, -0.2) is 53.3 Å². The Balaban J connectivity index is 1.75. The highest BCUT2D eigenvalue weighted by molar-refractivity contribution is 5.86. The number of benzene rings is 1. The lowest BCUT2D eigenvalue weighted by Crippen LogP contribution is -2.36. The SMILES string of the molecule is COc1cc(N2CCOCC2)ccc1-c1nc2nc(N)nc(N)c2[nH]1. The van der Waals surface area contributed by atoms with E-state index < -0.39 is 0 Å². The van der Waals surface area contributed by atoms with Crippen LogP contribution in [-0.2, 0) is 4.74 Å². The fourth-order valence-corrected chi connectivity index (χ4v) is 2.96. The highest BCUT2D eigenvalue weighted by Gasteiger charge is 2.17. The van der Waals surface area contributed by atoms with Crippen molar-refractivity contribution < 1.29 is 9.47 Å². The van der Waals surface area contributed by atoms with Crippen molar-refractivity contribution in [3.05, 3.63) is 18.2 Å². The second kappa shape index (κ2) is 6.10. The van der Waals surface area contributed by atoms with E-state index in [1.807, 2.05) is 18.2 Å². The van der Waals surface area contributed by atoms with Crippen LogP contribution in [0.5, 0.6) is 5.75 Å². The van der Waals surface area contributed by atoms with Gasteiger partial charge in [0, 0.05) is 24.8 Å². The standard InChI is InChI=1S/C16H19N7O2/c1-24-11-8-9(23-4-6-25-7-5-23)2-3-10(11)14-19-12-13(17)20-16(18)22-15(12)21-14/h2-3,8H,4-7H2,1H3,(H5,17,18,19,20,21,22). The van der Waals surface area contributed by atoms with Gasteiger partial charge in [0.2, 0.25) is 5.95 Å². The van der Waals surface area contributed by atoms with E-state index in [4.69, 9.17) is 20.9 Å². The average Bonchev–Trinajstić information content (AvgIpc) is 3.06. The molecule has 1 aromatic carbocycles. The minimum Gasteiger partial charge on any atom is -0.496 e. The van der Waals surface area contributed by atoms with Gasteiger partial charge in [-0.15, -0.1) is 0 Å². The van der Waals surface area contributed by atoms with Gasteiger partial charge in [0.1, 0.15) is 17.1 Å². The number of ether oxygens (including phenoxy) is 2. The topological polar surface area (TPSA) is 128 Å². The highest BCUT2D eigenvalue weighted by atomic mass is 16.5. The zero-order valence-electron chi connectivity index (χ0n) is 13.8. The van der Waals surface area contributed by atoms with E-state index in [1.165, 1.54) is 0 Å². The summed E-state index contributed by atoms with van der Waals surface area (Å²) in [6.45, 7) is 3.18. The van der Waals surface area contributed by atoms with Gasteiger partial charge in [-0.25, -0.2) is 4.98 Å². The molecule has 1 saturated heterocycles. The third-order valence-electron chi connectivity index (χ3n) is 4.21. The number of nitrogens with two attached hydrogens (primary N) is 2. The van der Waals surface area contributed by atoms with E-state index in [0.29, 0.717) is 22.7 Å². The zero-order chi connectivity index (χ0) is 17.4. The molecule has 0 aliphatic carbocycles. The number of imidazole rings is 1. The van der Waals surface area contributed by atoms with Crippen LogP contribution in [0.15, 0.2) is 18.2 Å². The van der Waals surface area contributed by atoms with Crippen molar-refractivity contribution in [2.24, 2.45) is 0 Å². The van der Waals surface area contributed by atoms with Crippen molar-refractivity contribution >= 4 is 28.6 Å². The first kappa shape index (κ1) is 15.5. The van der Waals surface area contributed by atoms with E-state index >= 15 is 0 Å². The second-order valence-electron chi connectivity index (χ2n) is 5.74. The van der Waals surface area contributed by atoms with Gasteiger partial charge in [0.15, 0.2) is 11.5 Å². The Morgan fingerprint density at radius 3 is 2.72 bits per heavy atom. The van der Waals surface area contributed by atoms with Crippen molar-refractivity contribution in [1.82, 2.24) is 19.9 Å². The first-order chi connectivity index (χ1) is 12.2. The molecule has 1 aliphatic heterocycles. The van der Waals surface area contributed by atoms with Crippen LogP contribution in [0.4, 0.5) is 17.5 Å². The van der Waals surface area contributed by atoms with Crippen molar-refractivity contribution in [2.75, 3.05) is 49.8 Å². The van der Waals surface area contributed by atoms with Crippen molar-refractivity contribution in [2.45, 2.75) is 0 Å². The van der Waals surface area contributed by atoms with E-state index in [0.717, 1.165) is 37.6 Å². The Bertz CT molecular complexity index is 918. The van der Waals surface area contributed by atoms with Crippen LogP contribution in [0.1, 0.15) is 0 Å². The summed E-state index contributed by atoms with van der Waals surface area (Å²) in [5.41, 5.74) is 14.4. The van der Waals surface area contributed by atoms with Gasteiger partial charge in [-0.1, -0.05) is 0 Å². The quantitative estimate of drug-likeness (QED) is 0.644. The van der Waals surface area contributed by atoms with Crippen molar-refractivity contribution in [3.63, 3.8) is 0 Å². The average molecular weight is 341 g/mol. The molecule has 0 spiro atoms. The molecule has 2 aromatic heterocycles. The van der Waals surface area contributed by atoms with Crippen LogP contribution in [0, 0.1) is 0 Å². The fraction of sp³-hybridized carbons (Fsp3) is 0.312. The molecule has 9 heteroatoms. The Hall–Kier alpha value is -3.07. The van der Waals surface area contributed by atoms with Gasteiger partial charge in [-0.3, -0.25) is 0 Å². The summed E-state index contributed by atoms with van der Waals surface area (Å²) in [4.78, 5) is 17.9. The molecule has 0 radical (unpaired) electrons. The second-order valence-corrected chi connectivity index (χ2v) is 5.74. The van der Waals surface area contributed by atoms with Crippen molar-refractivity contribution in [3.8, 4) is 17.1 Å². The molecule has 1 aliphatic rings. The number of aromatic amines is 1. The highest BCUT2D eigenvalue weighted by Crippen LogP contribution is 2.33. The number of nitrogen functional groups attached to an aromatic ring is 2. The maximum atomic E-state index is 5.89. The molecular formula is C16H19N7O2. The number of nitrogens with zero attached hydrogens (tertiary/aromatic N) is 4. The maximum absolute atomic E-state index is 5.89. The maximum Gasteiger partial charge on any atom is 0.224 e. The lowest BCUT2D eigenvalue weighted by molar-refractivity contribution is 0.122. The minimum atomic E-state index is 0.0951. The Kier molecular flexibility index (Phi) is 3.77. The lowest BCUT2D eigenvalue weighted by atomic mass is 10.1. The number of H-pyrrole nitrogens is 1. The lowest BCUT2D eigenvalue weighted by Gasteiger charge is -2.29. The van der Waals surface area contributed by atoms with Crippen LogP contribution >= 0.6 is 0 Å². The van der Waals surface area contributed by atoms with Crippen LogP contribution in [0.25, 0.3) is 22.6 Å². The molecule has 0 atom stereocenters. The predicted octanol–water partition coefficient (Wildman–Crippen LogP) is 1.03. The Morgan fingerprint density at radius 1 is 1.16 bits per heavy atom. The third-order valence-corrected chi connectivity index (χ3v) is 4.21. The first-order valence-corrected chi connectivity index (χ1v) is 7.95. The van der Waals surface area contributed by atoms with Gasteiger partial charge in [0.25, 0.3) is 0 Å². The summed E-state index contributed by atoms with van der Waals surface area (Å²) in [7, 11) is 1.64. The number of rotatable bonds is 3. The Morgan fingerprint density at radius 2 is 1.96 bits per heavy atom. The molecule has 3 aromatic rings. The van der Waals surface area contributed by atoms with Crippen LogP contribution < -0.4 is 21.1 Å². The molecule has 5 N–H and O–H groups in total. The van der Waals surface area contributed by atoms with Crippen LogP contribution in [0.2, 0.25) is 0 Å². The van der Waals surface area contributed by atoms with Crippen LogP contribution in [0.3, 0.4) is 0 Å². The summed E-state index contributed by atoms with van der Waals surface area (Å²) >= 11 is 0. The summed E-state index contributed by atoms with van der Waals surface area (Å²) < 4.78 is 11.0. The van der Waals surface area contributed by atoms with Gasteiger partial charge in [-0.05, 0) is 12.1 Å². The monoisotopic (exact) mass is 341 g/mol. The van der Waals surface area contributed by atoms with Crippen molar-refractivity contribution in [1.29, 1.82) is 0 Å². The molecule has 25 heavy (non-hydrogen) atoms. The molecule has 9 nitrogen and oxygen atoms in total. The smallest absolute Gasteiger partial charge is 0.224 e. The molecule has 1 fully saturated rings. The molecule has 130 valence electrons. The summed E-state index contributed by atoms with van der Waals surface area (Å²) in [6, 6.07) is 6.01. The van der Waals surface area contributed by atoms with Gasteiger partial charge in [0.05, 0.1) is 25.9 Å².